The number of carbonyl (C=O) groups is 3. The van der Waals surface area contributed by atoms with E-state index in [-0.39, 0.29) is 17.7 Å². The van der Waals surface area contributed by atoms with Crippen LogP contribution in [0.3, 0.4) is 0 Å². The average molecular weight is 604 g/mol. The van der Waals surface area contributed by atoms with Crippen molar-refractivity contribution in [1.82, 2.24) is 35.5 Å². The summed E-state index contributed by atoms with van der Waals surface area (Å²) in [4.78, 5) is 45.8. The van der Waals surface area contributed by atoms with Gasteiger partial charge in [-0.2, -0.15) is 4.68 Å². The van der Waals surface area contributed by atoms with Crippen LogP contribution in [0.1, 0.15) is 50.0 Å². The second kappa shape index (κ2) is 13.3. The molecular weight excluding hydrogens is 574 g/mol. The summed E-state index contributed by atoms with van der Waals surface area (Å²) in [6, 6.07) is 9.91. The molecule has 2 atom stereocenters. The molecule has 4 N–H and O–H groups in total. The van der Waals surface area contributed by atoms with Gasteiger partial charge in [0.1, 0.15) is 12.2 Å². The predicted octanol–water partition coefficient (Wildman–Crippen LogP) is 4.90. The van der Waals surface area contributed by atoms with Crippen LogP contribution in [0.15, 0.2) is 55.0 Å². The molecule has 0 spiro atoms. The lowest BCUT2D eigenvalue weighted by Gasteiger charge is -2.17. The van der Waals surface area contributed by atoms with Crippen molar-refractivity contribution in [3.63, 3.8) is 0 Å². The first-order chi connectivity index (χ1) is 20.8. The van der Waals surface area contributed by atoms with Crippen molar-refractivity contribution < 1.29 is 19.1 Å². The topological polar surface area (TPSA) is 169 Å². The number of nitrogens with zero attached hydrogens (tertiary/aromatic N) is 5. The van der Waals surface area contributed by atoms with Crippen molar-refractivity contribution in [2.45, 2.75) is 38.6 Å². The lowest BCUT2D eigenvalue weighted by atomic mass is 9.98. The number of halogens is 1. The van der Waals surface area contributed by atoms with Crippen LogP contribution >= 0.6 is 11.6 Å². The summed E-state index contributed by atoms with van der Waals surface area (Å²) in [5, 5.41) is 20.4. The van der Waals surface area contributed by atoms with Crippen LogP contribution in [0.2, 0.25) is 5.02 Å². The number of methoxy groups -OCH3 is 1. The van der Waals surface area contributed by atoms with E-state index in [0.717, 1.165) is 12.8 Å². The second-order valence-corrected chi connectivity index (χ2v) is 10.6. The molecule has 222 valence electrons. The maximum absolute atomic E-state index is 13.2. The van der Waals surface area contributed by atoms with Crippen LogP contribution in [-0.4, -0.2) is 55.2 Å². The molecule has 14 heteroatoms. The highest BCUT2D eigenvalue weighted by Crippen LogP contribution is 2.32. The molecule has 0 aliphatic carbocycles. The van der Waals surface area contributed by atoms with Crippen molar-refractivity contribution in [2.24, 2.45) is 5.92 Å². The van der Waals surface area contributed by atoms with Gasteiger partial charge in [0, 0.05) is 40.5 Å². The molecule has 0 saturated carbocycles. The molecular formula is C29H30ClN9O4. The SMILES string of the molecule is COC(=O)Nc1ccc2c(c1)NC(=O)C[C@@H](C)CCCC(NC(=O)/C=C/c1cc(Cl)ccc1-n1cnnn1)c1nc-2c[nH]1. The highest BCUT2D eigenvalue weighted by molar-refractivity contribution is 6.30. The molecule has 2 bridgehead atoms. The molecule has 5 rings (SSSR count). The Bertz CT molecular complexity index is 1650. The van der Waals surface area contributed by atoms with E-state index >= 15 is 0 Å². The van der Waals surface area contributed by atoms with E-state index in [2.05, 4.69) is 41.2 Å². The lowest BCUT2D eigenvalue weighted by Crippen LogP contribution is -2.28. The van der Waals surface area contributed by atoms with Crippen molar-refractivity contribution in [3.05, 3.63) is 71.4 Å². The first kappa shape index (κ1) is 29.5. The fourth-order valence-electron chi connectivity index (χ4n) is 4.86. The predicted molar refractivity (Wildman–Crippen MR) is 160 cm³/mol. The number of ether oxygens (including phenoxy) is 1. The third kappa shape index (κ3) is 7.43. The van der Waals surface area contributed by atoms with Gasteiger partial charge in [-0.05, 0) is 65.2 Å². The minimum Gasteiger partial charge on any atom is -0.453 e. The van der Waals surface area contributed by atoms with E-state index in [0.29, 0.717) is 57.6 Å². The van der Waals surface area contributed by atoms with Gasteiger partial charge in [0.05, 0.1) is 30.2 Å². The number of anilines is 2. The molecule has 2 aromatic carbocycles. The van der Waals surface area contributed by atoms with Crippen LogP contribution in [0.5, 0.6) is 0 Å². The fourth-order valence-corrected chi connectivity index (χ4v) is 5.04. The summed E-state index contributed by atoms with van der Waals surface area (Å²) in [6.45, 7) is 2.02. The number of hydrogen-bond donors (Lipinski definition) is 4. The Labute approximate surface area is 252 Å². The van der Waals surface area contributed by atoms with Crippen molar-refractivity contribution >= 4 is 47.0 Å². The maximum atomic E-state index is 13.2. The van der Waals surface area contributed by atoms with E-state index in [4.69, 9.17) is 16.6 Å². The van der Waals surface area contributed by atoms with E-state index in [1.165, 1.54) is 24.2 Å². The van der Waals surface area contributed by atoms with Crippen LogP contribution in [0, 0.1) is 5.92 Å². The number of carbonyl (C=O) groups excluding carboxylic acids is 3. The Kier molecular flexibility index (Phi) is 9.11. The summed E-state index contributed by atoms with van der Waals surface area (Å²) in [7, 11) is 1.27. The van der Waals surface area contributed by atoms with E-state index < -0.39 is 12.1 Å². The molecule has 4 aromatic rings. The number of hydrogen-bond acceptors (Lipinski definition) is 8. The molecule has 43 heavy (non-hydrogen) atoms. The van der Waals surface area contributed by atoms with Gasteiger partial charge in [-0.15, -0.1) is 5.10 Å². The molecule has 1 unspecified atom stereocenters. The van der Waals surface area contributed by atoms with Crippen LogP contribution in [0.25, 0.3) is 23.0 Å². The summed E-state index contributed by atoms with van der Waals surface area (Å²) >= 11 is 6.21. The minimum absolute atomic E-state index is 0.107. The molecule has 13 nitrogen and oxygen atoms in total. The molecule has 0 saturated heterocycles. The summed E-state index contributed by atoms with van der Waals surface area (Å²) in [5.74, 6) is 0.222. The Balaban J connectivity index is 1.41. The number of benzene rings is 2. The zero-order valence-corrected chi connectivity index (χ0v) is 24.3. The third-order valence-electron chi connectivity index (χ3n) is 6.97. The standard InChI is InChI=1S/C29H30ClN9O4/c1-17-4-3-5-22(34-26(40)11-6-18-13-19(30)7-10-25(18)39-16-32-37-38-39)28-31-15-24(36-28)21-9-8-20(33-29(42)43-2)14-23(21)35-27(41)12-17/h6-11,13-17,22H,3-5,12H2,1-2H3,(H,31,36)(H,33,42)(H,34,40)(H,35,41)/b11-6+/t17-,22?/m0/s1. The number of nitrogens with one attached hydrogen (secondary N) is 4. The number of amides is 3. The number of rotatable bonds is 5. The van der Waals surface area contributed by atoms with E-state index in [1.54, 1.807) is 48.7 Å². The zero-order chi connectivity index (χ0) is 30.3. The van der Waals surface area contributed by atoms with Crippen LogP contribution < -0.4 is 16.0 Å². The highest BCUT2D eigenvalue weighted by Gasteiger charge is 2.22. The Morgan fingerprint density at radius 1 is 1.19 bits per heavy atom. The fraction of sp³-hybridized carbons (Fsp3) is 0.276. The summed E-state index contributed by atoms with van der Waals surface area (Å²) in [6.07, 6.45) is 8.11. The number of aromatic nitrogens is 6. The van der Waals surface area contributed by atoms with E-state index in [9.17, 15) is 14.4 Å². The molecule has 1 aliphatic heterocycles. The van der Waals surface area contributed by atoms with Crippen molar-refractivity contribution in [3.8, 4) is 16.9 Å². The molecule has 2 aromatic heterocycles. The smallest absolute Gasteiger partial charge is 0.411 e. The number of aromatic amines is 1. The highest BCUT2D eigenvalue weighted by atomic mass is 35.5. The zero-order valence-electron chi connectivity index (χ0n) is 23.5. The Morgan fingerprint density at radius 3 is 2.84 bits per heavy atom. The van der Waals surface area contributed by atoms with Crippen LogP contribution in [0.4, 0.5) is 16.2 Å². The van der Waals surface area contributed by atoms with E-state index in [1.807, 2.05) is 6.92 Å². The minimum atomic E-state index is -0.624. The quantitative estimate of drug-likeness (QED) is 0.233. The molecule has 3 heterocycles. The number of tetrazole rings is 1. The maximum Gasteiger partial charge on any atom is 0.411 e. The Hall–Kier alpha value is -5.04. The van der Waals surface area contributed by atoms with Gasteiger partial charge in [-0.25, -0.2) is 9.78 Å². The first-order valence-electron chi connectivity index (χ1n) is 13.6. The van der Waals surface area contributed by atoms with Gasteiger partial charge >= 0.3 is 6.09 Å². The van der Waals surface area contributed by atoms with Gasteiger partial charge in [0.25, 0.3) is 0 Å². The second-order valence-electron chi connectivity index (χ2n) is 10.2. The third-order valence-corrected chi connectivity index (χ3v) is 7.20. The normalized spacial score (nSPS) is 17.1. The largest absolute Gasteiger partial charge is 0.453 e. The molecule has 0 radical (unpaired) electrons. The summed E-state index contributed by atoms with van der Waals surface area (Å²) in [5.41, 5.74) is 3.50. The van der Waals surface area contributed by atoms with Gasteiger partial charge in [-0.1, -0.05) is 31.4 Å². The van der Waals surface area contributed by atoms with Gasteiger partial charge in [0.2, 0.25) is 11.8 Å². The van der Waals surface area contributed by atoms with Gasteiger partial charge in [-0.3, -0.25) is 14.9 Å². The van der Waals surface area contributed by atoms with Crippen LogP contribution in [-0.2, 0) is 14.3 Å². The molecule has 3 amide bonds. The average Bonchev–Trinajstić information content (AvgIpc) is 3.68. The van der Waals surface area contributed by atoms with Gasteiger partial charge in [0.15, 0.2) is 0 Å². The summed E-state index contributed by atoms with van der Waals surface area (Å²) < 4.78 is 6.17. The van der Waals surface area contributed by atoms with Crippen molar-refractivity contribution in [1.29, 1.82) is 0 Å². The Morgan fingerprint density at radius 2 is 2.05 bits per heavy atom. The molecule has 0 fully saturated rings. The van der Waals surface area contributed by atoms with Gasteiger partial charge < -0.3 is 20.4 Å². The number of imidazole rings is 1. The monoisotopic (exact) mass is 603 g/mol. The van der Waals surface area contributed by atoms with Crippen molar-refractivity contribution in [2.75, 3.05) is 17.7 Å². The molecule has 1 aliphatic rings. The number of H-pyrrole nitrogens is 1. The first-order valence-corrected chi connectivity index (χ1v) is 14.0. The number of fused-ring (bicyclic) bond motifs is 4. The lowest BCUT2D eigenvalue weighted by molar-refractivity contribution is -0.117.